The molecule has 5 nitrogen and oxygen atoms in total. The number of anilines is 1. The van der Waals surface area contributed by atoms with E-state index in [-0.39, 0.29) is 29.8 Å². The summed E-state index contributed by atoms with van der Waals surface area (Å²) in [6, 6.07) is 4.85. The lowest BCUT2D eigenvalue weighted by Crippen LogP contribution is -2.13. The van der Waals surface area contributed by atoms with Crippen molar-refractivity contribution in [3.05, 3.63) is 43.5 Å². The van der Waals surface area contributed by atoms with Crippen molar-refractivity contribution in [3.63, 3.8) is 0 Å². The summed E-state index contributed by atoms with van der Waals surface area (Å²) in [5.74, 6) is -1.17. The quantitative estimate of drug-likeness (QED) is 0.824. The van der Waals surface area contributed by atoms with Crippen LogP contribution in [-0.2, 0) is 10.0 Å². The zero-order valence-electron chi connectivity index (χ0n) is 9.93. The molecule has 0 atom stereocenters. The molecule has 2 rings (SSSR count). The van der Waals surface area contributed by atoms with Crippen molar-refractivity contribution in [2.45, 2.75) is 4.90 Å². The summed E-state index contributed by atoms with van der Waals surface area (Å²) in [6.07, 6.45) is 0. The maximum Gasteiger partial charge on any atom is 0.335 e. The van der Waals surface area contributed by atoms with E-state index in [1.807, 2.05) is 0 Å². The highest BCUT2D eigenvalue weighted by Crippen LogP contribution is 2.36. The van der Waals surface area contributed by atoms with Crippen molar-refractivity contribution in [2.75, 3.05) is 4.72 Å². The van der Waals surface area contributed by atoms with Crippen LogP contribution in [0, 0.1) is 0 Å². The molecule has 1 aromatic carbocycles. The first-order chi connectivity index (χ1) is 9.70. The molecule has 0 radical (unpaired) electrons. The number of benzene rings is 1. The van der Waals surface area contributed by atoms with Gasteiger partial charge in [-0.25, -0.2) is 13.2 Å². The van der Waals surface area contributed by atoms with Crippen LogP contribution in [0.1, 0.15) is 10.4 Å². The number of thiophene rings is 1. The predicted molar refractivity (Wildman–Crippen MR) is 83.6 cm³/mol. The zero-order chi connectivity index (χ0) is 15.8. The molecule has 1 aromatic heterocycles. The maximum absolute atomic E-state index is 12.2. The summed E-state index contributed by atoms with van der Waals surface area (Å²) in [4.78, 5) is 10.6. The smallest absolute Gasteiger partial charge is 0.335 e. The van der Waals surface area contributed by atoms with E-state index in [0.717, 1.165) is 17.4 Å². The summed E-state index contributed by atoms with van der Waals surface area (Å²) < 4.78 is 26.9. The van der Waals surface area contributed by atoms with E-state index in [2.05, 4.69) is 4.72 Å². The number of sulfonamides is 1. The Morgan fingerprint density at radius 2 is 1.86 bits per heavy atom. The Kier molecular flexibility index (Phi) is 4.69. The molecule has 0 bridgehead atoms. The third-order valence-electron chi connectivity index (χ3n) is 2.38. The molecule has 2 aromatic rings. The standard InChI is InChI=1S/C11H6Cl3NO4S2/c12-6-3-5(11(16)17)1-2-7(6)15-21(18,19)8-4-9(13)20-10(8)14/h1-4,15H,(H,16,17). The molecule has 0 fully saturated rings. The van der Waals surface area contributed by atoms with E-state index >= 15 is 0 Å². The molecular formula is C11H6Cl3NO4S2. The lowest BCUT2D eigenvalue weighted by Gasteiger charge is -2.09. The third kappa shape index (κ3) is 3.61. The second kappa shape index (κ2) is 6.02. The van der Waals surface area contributed by atoms with Crippen LogP contribution >= 0.6 is 46.1 Å². The van der Waals surface area contributed by atoms with E-state index < -0.39 is 16.0 Å². The van der Waals surface area contributed by atoms with Gasteiger partial charge in [-0.05, 0) is 24.3 Å². The van der Waals surface area contributed by atoms with Gasteiger partial charge in [-0.3, -0.25) is 4.72 Å². The van der Waals surface area contributed by atoms with Crippen molar-refractivity contribution >= 4 is 67.8 Å². The van der Waals surface area contributed by atoms with Crippen molar-refractivity contribution in [1.82, 2.24) is 0 Å². The van der Waals surface area contributed by atoms with Crippen molar-refractivity contribution in [1.29, 1.82) is 0 Å². The number of carboxylic acid groups (broad SMARTS) is 1. The van der Waals surface area contributed by atoms with Crippen molar-refractivity contribution in [2.24, 2.45) is 0 Å². The summed E-state index contributed by atoms with van der Waals surface area (Å²) in [6.45, 7) is 0. The highest BCUT2D eigenvalue weighted by molar-refractivity contribution is 7.93. The lowest BCUT2D eigenvalue weighted by molar-refractivity contribution is 0.0697. The molecule has 0 aliphatic carbocycles. The highest BCUT2D eigenvalue weighted by atomic mass is 35.5. The number of hydrogen-bond donors (Lipinski definition) is 2. The Bertz CT molecular complexity index is 817. The Labute approximate surface area is 139 Å². The van der Waals surface area contributed by atoms with Crippen LogP contribution in [0.15, 0.2) is 29.2 Å². The van der Waals surface area contributed by atoms with Crippen LogP contribution < -0.4 is 4.72 Å². The number of halogens is 3. The third-order valence-corrected chi connectivity index (χ3v) is 5.81. The maximum atomic E-state index is 12.2. The summed E-state index contributed by atoms with van der Waals surface area (Å²) >= 11 is 18.3. The second-order valence-corrected chi connectivity index (χ2v) is 8.14. The minimum absolute atomic E-state index is 0.0192. The Balaban J connectivity index is 2.37. The molecule has 0 saturated heterocycles. The Hall–Kier alpha value is -0.990. The normalized spacial score (nSPS) is 11.4. The van der Waals surface area contributed by atoms with Gasteiger partial charge in [0.25, 0.3) is 10.0 Å². The van der Waals surface area contributed by atoms with E-state index in [1.54, 1.807) is 0 Å². The van der Waals surface area contributed by atoms with Gasteiger partial charge in [-0.2, -0.15) is 0 Å². The van der Waals surface area contributed by atoms with Crippen LogP contribution in [0.25, 0.3) is 0 Å². The molecule has 0 aliphatic rings. The van der Waals surface area contributed by atoms with Gasteiger partial charge in [-0.15, -0.1) is 11.3 Å². The molecule has 0 unspecified atom stereocenters. The molecule has 0 saturated carbocycles. The zero-order valence-corrected chi connectivity index (χ0v) is 13.8. The lowest BCUT2D eigenvalue weighted by atomic mass is 10.2. The molecule has 112 valence electrons. The average Bonchev–Trinajstić information content (AvgIpc) is 2.71. The molecule has 21 heavy (non-hydrogen) atoms. The van der Waals surface area contributed by atoms with Gasteiger partial charge in [0.1, 0.15) is 9.23 Å². The number of aromatic carboxylic acids is 1. The fourth-order valence-electron chi connectivity index (χ4n) is 1.44. The van der Waals surface area contributed by atoms with Crippen LogP contribution in [0.2, 0.25) is 13.7 Å². The van der Waals surface area contributed by atoms with Crippen molar-refractivity contribution < 1.29 is 18.3 Å². The van der Waals surface area contributed by atoms with Crippen LogP contribution in [0.3, 0.4) is 0 Å². The predicted octanol–water partition coefficient (Wildman–Crippen LogP) is 4.21. The molecule has 2 N–H and O–H groups in total. The van der Waals surface area contributed by atoms with E-state index in [4.69, 9.17) is 39.9 Å². The van der Waals surface area contributed by atoms with Gasteiger partial charge in [0.05, 0.1) is 20.6 Å². The minimum atomic E-state index is -3.97. The van der Waals surface area contributed by atoms with Gasteiger partial charge in [0.2, 0.25) is 0 Å². The van der Waals surface area contributed by atoms with E-state index in [1.165, 1.54) is 18.2 Å². The SMILES string of the molecule is O=C(O)c1ccc(NS(=O)(=O)c2cc(Cl)sc2Cl)c(Cl)c1. The summed E-state index contributed by atoms with van der Waals surface area (Å²) in [5, 5.41) is 8.78. The molecule has 1 heterocycles. The van der Waals surface area contributed by atoms with Crippen molar-refractivity contribution in [3.8, 4) is 0 Å². The molecule has 0 spiro atoms. The van der Waals surface area contributed by atoms with E-state index in [9.17, 15) is 13.2 Å². The van der Waals surface area contributed by atoms with Gasteiger partial charge >= 0.3 is 5.97 Å². The second-order valence-electron chi connectivity index (χ2n) is 3.79. The number of nitrogens with one attached hydrogen (secondary N) is 1. The number of hydrogen-bond acceptors (Lipinski definition) is 4. The minimum Gasteiger partial charge on any atom is -0.478 e. The topological polar surface area (TPSA) is 83.5 Å². The van der Waals surface area contributed by atoms with Gasteiger partial charge < -0.3 is 5.11 Å². The fourth-order valence-corrected chi connectivity index (χ4v) is 4.95. The molecular weight excluding hydrogens is 381 g/mol. The highest BCUT2D eigenvalue weighted by Gasteiger charge is 2.22. The fraction of sp³-hybridized carbons (Fsp3) is 0. The van der Waals surface area contributed by atoms with Crippen LogP contribution in [0.5, 0.6) is 0 Å². The Morgan fingerprint density at radius 3 is 2.33 bits per heavy atom. The first-order valence-electron chi connectivity index (χ1n) is 5.21. The number of carboxylic acids is 1. The van der Waals surface area contributed by atoms with E-state index in [0.29, 0.717) is 0 Å². The first-order valence-corrected chi connectivity index (χ1v) is 8.64. The average molecular weight is 387 g/mol. The molecule has 0 amide bonds. The summed E-state index contributed by atoms with van der Waals surface area (Å²) in [5.41, 5.74) is -0.0142. The monoisotopic (exact) mass is 385 g/mol. The molecule has 10 heteroatoms. The largest absolute Gasteiger partial charge is 0.478 e. The van der Waals surface area contributed by atoms with Gasteiger partial charge in [-0.1, -0.05) is 34.8 Å². The van der Waals surface area contributed by atoms with Gasteiger partial charge in [0.15, 0.2) is 0 Å². The summed E-state index contributed by atoms with van der Waals surface area (Å²) in [7, 11) is -3.97. The molecule has 0 aliphatic heterocycles. The first kappa shape index (κ1) is 16.4. The number of rotatable bonds is 4. The number of carbonyl (C=O) groups is 1. The van der Waals surface area contributed by atoms with Crippen LogP contribution in [0.4, 0.5) is 5.69 Å². The van der Waals surface area contributed by atoms with Gasteiger partial charge in [0, 0.05) is 0 Å². The Morgan fingerprint density at radius 1 is 1.19 bits per heavy atom. The van der Waals surface area contributed by atoms with Crippen LogP contribution in [-0.4, -0.2) is 19.5 Å².